The zero-order valence-electron chi connectivity index (χ0n) is 29.1. The molecule has 0 bridgehead atoms. The van der Waals surface area contributed by atoms with Gasteiger partial charge in [0.1, 0.15) is 0 Å². The van der Waals surface area contributed by atoms with E-state index in [1.165, 1.54) is 0 Å². The van der Waals surface area contributed by atoms with E-state index in [1.54, 1.807) is 0 Å². The number of amides is 5. The zero-order valence-corrected chi connectivity index (χ0v) is 29.1. The van der Waals surface area contributed by atoms with Gasteiger partial charge < -0.3 is 65.1 Å². The SMILES string of the molecule is CC(CN(CCC(=O)NCCN)CCN(CCC(=O)NCCN)CCC(=O)NCCN)N(CCC(=O)NCCN)CCC(=O)NCCN. The van der Waals surface area contributed by atoms with Gasteiger partial charge >= 0.3 is 0 Å². The molecule has 1 unspecified atom stereocenters. The first kappa shape index (κ1) is 45.0. The molecule has 0 aliphatic heterocycles. The van der Waals surface area contributed by atoms with Crippen LogP contribution in [0.3, 0.4) is 0 Å². The smallest absolute Gasteiger partial charge is 0.221 e. The molecule has 0 saturated heterocycles. The van der Waals surface area contributed by atoms with E-state index in [0.29, 0.717) is 118 Å². The van der Waals surface area contributed by atoms with E-state index in [9.17, 15) is 24.0 Å². The van der Waals surface area contributed by atoms with Crippen LogP contribution in [0.2, 0.25) is 0 Å². The number of carbonyl (C=O) groups excluding carboxylic acids is 5. The highest BCUT2D eigenvalue weighted by Gasteiger charge is 2.21. The van der Waals surface area contributed by atoms with Crippen LogP contribution in [-0.4, -0.2) is 168 Å². The molecule has 18 nitrogen and oxygen atoms in total. The molecule has 0 fully saturated rings. The van der Waals surface area contributed by atoms with Gasteiger partial charge in [-0.15, -0.1) is 0 Å². The Morgan fingerprint density at radius 3 is 1.02 bits per heavy atom. The molecule has 0 aliphatic carbocycles. The van der Waals surface area contributed by atoms with Crippen molar-refractivity contribution in [2.45, 2.75) is 45.1 Å². The minimum Gasteiger partial charge on any atom is -0.355 e. The lowest BCUT2D eigenvalue weighted by Gasteiger charge is -2.34. The largest absolute Gasteiger partial charge is 0.355 e. The molecule has 280 valence electrons. The van der Waals surface area contributed by atoms with Crippen LogP contribution in [0.5, 0.6) is 0 Å². The fourth-order valence-corrected chi connectivity index (χ4v) is 4.72. The Bertz CT molecular complexity index is 851. The third kappa shape index (κ3) is 25.1. The summed E-state index contributed by atoms with van der Waals surface area (Å²) in [5.41, 5.74) is 27.6. The average molecular weight is 688 g/mol. The summed E-state index contributed by atoms with van der Waals surface area (Å²) in [5, 5.41) is 13.9. The van der Waals surface area contributed by atoms with Crippen LogP contribution in [-0.2, 0) is 24.0 Å². The van der Waals surface area contributed by atoms with E-state index in [1.807, 2.05) is 6.92 Å². The van der Waals surface area contributed by atoms with E-state index in [4.69, 9.17) is 28.7 Å². The molecule has 0 radical (unpaired) electrons. The summed E-state index contributed by atoms with van der Waals surface area (Å²) in [6.07, 6.45) is 1.21. The number of hydrogen-bond donors (Lipinski definition) is 10. The summed E-state index contributed by atoms with van der Waals surface area (Å²) in [4.78, 5) is 68.2. The van der Waals surface area contributed by atoms with Gasteiger partial charge in [0.25, 0.3) is 0 Å². The molecule has 18 heteroatoms. The molecule has 0 heterocycles. The molecule has 0 aromatic carbocycles. The first-order valence-corrected chi connectivity index (χ1v) is 17.1. The molecule has 0 aliphatic rings. The van der Waals surface area contributed by atoms with Gasteiger partial charge in [-0.1, -0.05) is 0 Å². The van der Waals surface area contributed by atoms with Crippen LogP contribution >= 0.6 is 0 Å². The molecule has 48 heavy (non-hydrogen) atoms. The lowest BCUT2D eigenvalue weighted by Crippen LogP contribution is -2.48. The van der Waals surface area contributed by atoms with E-state index < -0.39 is 0 Å². The predicted octanol–water partition coefficient (Wildman–Crippen LogP) is -5.39. The van der Waals surface area contributed by atoms with E-state index in [0.717, 1.165) is 0 Å². The fraction of sp³-hybridized carbons (Fsp3) is 0.833. The number of carbonyl (C=O) groups is 5. The minimum absolute atomic E-state index is 0.0840. The summed E-state index contributed by atoms with van der Waals surface area (Å²) in [5.74, 6) is -0.614. The van der Waals surface area contributed by atoms with Gasteiger partial charge in [0, 0.05) is 156 Å². The van der Waals surface area contributed by atoms with Crippen molar-refractivity contribution in [2.24, 2.45) is 28.7 Å². The van der Waals surface area contributed by atoms with Crippen molar-refractivity contribution in [2.75, 3.05) is 118 Å². The number of nitrogens with zero attached hydrogens (tertiary/aromatic N) is 3. The van der Waals surface area contributed by atoms with Crippen molar-refractivity contribution in [1.29, 1.82) is 0 Å². The average Bonchev–Trinajstić information content (AvgIpc) is 3.08. The summed E-state index contributed by atoms with van der Waals surface area (Å²) < 4.78 is 0. The third-order valence-corrected chi connectivity index (χ3v) is 7.43. The Hall–Kier alpha value is -2.97. The summed E-state index contributed by atoms with van der Waals surface area (Å²) >= 11 is 0. The lowest BCUT2D eigenvalue weighted by atomic mass is 10.2. The number of rotatable bonds is 31. The number of nitrogens with two attached hydrogens (primary N) is 5. The van der Waals surface area contributed by atoms with Gasteiger partial charge in [-0.25, -0.2) is 0 Å². The molecule has 0 aromatic rings. The van der Waals surface area contributed by atoms with Gasteiger partial charge in [-0.05, 0) is 6.92 Å². The summed E-state index contributed by atoms with van der Waals surface area (Å²) in [7, 11) is 0. The van der Waals surface area contributed by atoms with Crippen molar-refractivity contribution in [3.63, 3.8) is 0 Å². The van der Waals surface area contributed by atoms with E-state index >= 15 is 0 Å². The Morgan fingerprint density at radius 1 is 0.438 bits per heavy atom. The molecule has 0 rings (SSSR count). The van der Waals surface area contributed by atoms with Gasteiger partial charge in [0.15, 0.2) is 0 Å². The van der Waals surface area contributed by atoms with Gasteiger partial charge in [-0.3, -0.25) is 28.9 Å². The highest BCUT2D eigenvalue weighted by Crippen LogP contribution is 2.08. The quantitative estimate of drug-likeness (QED) is 0.0326. The van der Waals surface area contributed by atoms with Crippen LogP contribution in [0.1, 0.15) is 39.0 Å². The maximum absolute atomic E-state index is 12.5. The number of hydrogen-bond acceptors (Lipinski definition) is 13. The van der Waals surface area contributed by atoms with Crippen LogP contribution in [0.4, 0.5) is 0 Å². The van der Waals surface area contributed by atoms with Gasteiger partial charge in [-0.2, -0.15) is 0 Å². The van der Waals surface area contributed by atoms with Crippen molar-refractivity contribution in [1.82, 2.24) is 41.3 Å². The molecule has 1 atom stereocenters. The molecule has 0 aromatic heterocycles. The fourth-order valence-electron chi connectivity index (χ4n) is 4.72. The monoisotopic (exact) mass is 688 g/mol. The summed E-state index contributed by atoms with van der Waals surface area (Å²) in [6.45, 7) is 9.45. The zero-order chi connectivity index (χ0) is 36.0. The normalized spacial score (nSPS) is 11.9. The number of nitrogens with one attached hydrogen (secondary N) is 5. The second kappa shape index (κ2) is 30.1. The standard InChI is InChI=1S/C30H65N13O5/c1-25(43(20-5-29(47)39-15-10-34)21-6-30(48)40-16-11-35)24-42(19-4-28(46)38-14-9-33)23-22-41(17-2-26(44)36-12-7-31)18-3-27(45)37-13-8-32/h25H,2-24,31-35H2,1H3,(H,36,44)(H,37,45)(H,38,46)(H,39,47)(H,40,48). The van der Waals surface area contributed by atoms with Gasteiger partial charge in [0.05, 0.1) is 0 Å². The van der Waals surface area contributed by atoms with Crippen molar-refractivity contribution in [3.8, 4) is 0 Å². The Labute approximate surface area is 286 Å². The third-order valence-electron chi connectivity index (χ3n) is 7.43. The lowest BCUT2D eigenvalue weighted by molar-refractivity contribution is -0.123. The molecule has 5 amide bonds. The first-order valence-electron chi connectivity index (χ1n) is 17.1. The second-order valence-electron chi connectivity index (χ2n) is 11.5. The highest BCUT2D eigenvalue weighted by atomic mass is 16.2. The maximum Gasteiger partial charge on any atom is 0.221 e. The van der Waals surface area contributed by atoms with Crippen LogP contribution in [0.25, 0.3) is 0 Å². The van der Waals surface area contributed by atoms with E-state index in [-0.39, 0.29) is 67.7 Å². The Morgan fingerprint density at radius 2 is 0.708 bits per heavy atom. The molecule has 0 saturated carbocycles. The second-order valence-corrected chi connectivity index (χ2v) is 11.5. The summed E-state index contributed by atoms with van der Waals surface area (Å²) in [6, 6.07) is -0.0840. The highest BCUT2D eigenvalue weighted by molar-refractivity contribution is 5.77. The predicted molar refractivity (Wildman–Crippen MR) is 187 cm³/mol. The van der Waals surface area contributed by atoms with E-state index in [2.05, 4.69) is 41.3 Å². The van der Waals surface area contributed by atoms with Crippen molar-refractivity contribution < 1.29 is 24.0 Å². The first-order chi connectivity index (χ1) is 23.1. The topological polar surface area (TPSA) is 285 Å². The molecule has 15 N–H and O–H groups in total. The van der Waals surface area contributed by atoms with Gasteiger partial charge in [0.2, 0.25) is 29.5 Å². The van der Waals surface area contributed by atoms with Crippen LogP contribution in [0.15, 0.2) is 0 Å². The molecule has 0 spiro atoms. The minimum atomic E-state index is -0.125. The Kier molecular flexibility index (Phi) is 28.3. The maximum atomic E-state index is 12.5. The van der Waals surface area contributed by atoms with Crippen LogP contribution < -0.4 is 55.3 Å². The van der Waals surface area contributed by atoms with Crippen LogP contribution in [0, 0.1) is 0 Å². The Balaban J connectivity index is 5.76. The van der Waals surface area contributed by atoms with Crippen molar-refractivity contribution >= 4 is 29.5 Å². The van der Waals surface area contributed by atoms with Crippen molar-refractivity contribution in [3.05, 3.63) is 0 Å². The molecular formula is C30H65N13O5. The molecular weight excluding hydrogens is 622 g/mol.